The number of hydrogen-bond acceptors (Lipinski definition) is 5. The van der Waals surface area contributed by atoms with Crippen molar-refractivity contribution in [2.45, 2.75) is 33.2 Å². The van der Waals surface area contributed by atoms with Gasteiger partial charge in [0.2, 0.25) is 5.91 Å². The number of carbonyl (C=O) groups excluding carboxylic acids is 1. The molecule has 0 bridgehead atoms. The van der Waals surface area contributed by atoms with Crippen LogP contribution in [0.25, 0.3) is 0 Å². The summed E-state index contributed by atoms with van der Waals surface area (Å²) in [6.07, 6.45) is 0.845. The molecule has 0 saturated carbocycles. The summed E-state index contributed by atoms with van der Waals surface area (Å²) in [7, 11) is 0. The standard InChI is InChI=1S/C9H16N4O2/c1-4-5(2)7(10)8(14)12-9-11-6(3)13-15-9/h5,7H,4,10H2,1-3H3,(H,11,12,13,14). The summed E-state index contributed by atoms with van der Waals surface area (Å²) in [5.41, 5.74) is 5.72. The molecule has 84 valence electrons. The topological polar surface area (TPSA) is 94.0 Å². The molecule has 0 aromatic carbocycles. The van der Waals surface area contributed by atoms with E-state index in [0.29, 0.717) is 5.82 Å². The molecule has 0 aliphatic rings. The van der Waals surface area contributed by atoms with Crippen molar-refractivity contribution in [2.75, 3.05) is 5.32 Å². The Morgan fingerprint density at radius 1 is 1.67 bits per heavy atom. The molecule has 1 amide bonds. The smallest absolute Gasteiger partial charge is 0.320 e. The molecule has 0 fully saturated rings. The Morgan fingerprint density at radius 2 is 2.33 bits per heavy atom. The number of aromatic nitrogens is 2. The van der Waals surface area contributed by atoms with E-state index in [9.17, 15) is 4.79 Å². The van der Waals surface area contributed by atoms with Gasteiger partial charge in [0, 0.05) is 0 Å². The molecule has 0 aliphatic carbocycles. The van der Waals surface area contributed by atoms with Crippen LogP contribution in [-0.2, 0) is 4.79 Å². The number of nitrogens with one attached hydrogen (secondary N) is 1. The Balaban J connectivity index is 2.55. The van der Waals surface area contributed by atoms with Gasteiger partial charge >= 0.3 is 6.01 Å². The first-order chi connectivity index (χ1) is 7.04. The van der Waals surface area contributed by atoms with E-state index in [0.717, 1.165) is 6.42 Å². The van der Waals surface area contributed by atoms with Crippen molar-refractivity contribution < 1.29 is 9.32 Å². The normalized spacial score (nSPS) is 14.7. The second-order valence-corrected chi connectivity index (χ2v) is 3.55. The summed E-state index contributed by atoms with van der Waals surface area (Å²) in [5, 5.41) is 6.03. The van der Waals surface area contributed by atoms with E-state index in [-0.39, 0.29) is 17.8 Å². The van der Waals surface area contributed by atoms with Crippen molar-refractivity contribution in [2.24, 2.45) is 11.7 Å². The van der Waals surface area contributed by atoms with Crippen LogP contribution in [0.1, 0.15) is 26.1 Å². The highest BCUT2D eigenvalue weighted by molar-refractivity contribution is 5.93. The van der Waals surface area contributed by atoms with Crippen molar-refractivity contribution >= 4 is 11.9 Å². The fourth-order valence-electron chi connectivity index (χ4n) is 1.05. The molecule has 1 heterocycles. The van der Waals surface area contributed by atoms with E-state index < -0.39 is 6.04 Å². The number of nitrogens with zero attached hydrogens (tertiary/aromatic N) is 2. The van der Waals surface area contributed by atoms with E-state index in [2.05, 4.69) is 15.5 Å². The SMILES string of the molecule is CCC(C)C(N)C(=O)Nc1nc(C)no1. The van der Waals surface area contributed by atoms with Gasteiger partial charge in [0.25, 0.3) is 0 Å². The van der Waals surface area contributed by atoms with Crippen LogP contribution >= 0.6 is 0 Å². The van der Waals surface area contributed by atoms with Crippen LogP contribution < -0.4 is 11.1 Å². The number of aryl methyl sites for hydroxylation is 1. The summed E-state index contributed by atoms with van der Waals surface area (Å²) >= 11 is 0. The molecule has 1 rings (SSSR count). The molecule has 1 aromatic heterocycles. The highest BCUT2D eigenvalue weighted by atomic mass is 16.5. The van der Waals surface area contributed by atoms with Gasteiger partial charge < -0.3 is 10.3 Å². The zero-order valence-electron chi connectivity index (χ0n) is 9.15. The quantitative estimate of drug-likeness (QED) is 0.765. The first-order valence-electron chi connectivity index (χ1n) is 4.91. The molecule has 3 N–H and O–H groups in total. The number of amides is 1. The highest BCUT2D eigenvalue weighted by Crippen LogP contribution is 2.08. The summed E-state index contributed by atoms with van der Waals surface area (Å²) in [6, 6.07) is -0.460. The fraction of sp³-hybridized carbons (Fsp3) is 0.667. The van der Waals surface area contributed by atoms with E-state index in [1.807, 2.05) is 13.8 Å². The van der Waals surface area contributed by atoms with Crippen LogP contribution in [0, 0.1) is 12.8 Å². The Bertz CT molecular complexity index is 337. The minimum Gasteiger partial charge on any atom is -0.320 e. The molecular formula is C9H16N4O2. The number of rotatable bonds is 4. The van der Waals surface area contributed by atoms with Gasteiger partial charge in [-0.3, -0.25) is 10.1 Å². The molecule has 1 aromatic rings. The number of nitrogens with two attached hydrogens (primary N) is 1. The lowest BCUT2D eigenvalue weighted by molar-refractivity contribution is -0.118. The van der Waals surface area contributed by atoms with Crippen LogP contribution in [-0.4, -0.2) is 22.1 Å². The zero-order valence-corrected chi connectivity index (χ0v) is 9.15. The van der Waals surface area contributed by atoms with Crippen LogP contribution in [0.2, 0.25) is 0 Å². The van der Waals surface area contributed by atoms with Gasteiger partial charge in [-0.15, -0.1) is 0 Å². The van der Waals surface area contributed by atoms with Crippen molar-refractivity contribution in [1.82, 2.24) is 10.1 Å². The third kappa shape index (κ3) is 3.02. The summed E-state index contributed by atoms with van der Waals surface area (Å²) < 4.78 is 4.75. The average molecular weight is 212 g/mol. The maximum Gasteiger partial charge on any atom is 0.328 e. The molecule has 0 saturated heterocycles. The second kappa shape index (κ2) is 4.88. The molecular weight excluding hydrogens is 196 g/mol. The van der Waals surface area contributed by atoms with Gasteiger partial charge in [0.1, 0.15) is 0 Å². The Labute approximate surface area is 88.2 Å². The maximum absolute atomic E-state index is 11.6. The molecule has 0 aliphatic heterocycles. The third-order valence-corrected chi connectivity index (χ3v) is 2.32. The predicted octanol–water partition coefficient (Wildman–Crippen LogP) is 0.690. The van der Waals surface area contributed by atoms with Crippen LogP contribution in [0.5, 0.6) is 0 Å². The summed E-state index contributed by atoms with van der Waals surface area (Å²) in [6.45, 7) is 5.58. The minimum atomic E-state index is -0.554. The van der Waals surface area contributed by atoms with Crippen molar-refractivity contribution in [3.63, 3.8) is 0 Å². The van der Waals surface area contributed by atoms with Crippen LogP contribution in [0.3, 0.4) is 0 Å². The van der Waals surface area contributed by atoms with Gasteiger partial charge in [-0.1, -0.05) is 25.4 Å². The van der Waals surface area contributed by atoms with Gasteiger partial charge in [-0.25, -0.2) is 0 Å². The van der Waals surface area contributed by atoms with Crippen molar-refractivity contribution in [3.8, 4) is 0 Å². The molecule has 6 nitrogen and oxygen atoms in total. The minimum absolute atomic E-state index is 0.0938. The van der Waals surface area contributed by atoms with Crippen LogP contribution in [0.4, 0.5) is 6.01 Å². The second-order valence-electron chi connectivity index (χ2n) is 3.55. The van der Waals surface area contributed by atoms with Gasteiger partial charge in [-0.05, 0) is 12.8 Å². The first kappa shape index (κ1) is 11.6. The zero-order chi connectivity index (χ0) is 11.4. The lowest BCUT2D eigenvalue weighted by Crippen LogP contribution is -2.40. The van der Waals surface area contributed by atoms with E-state index >= 15 is 0 Å². The van der Waals surface area contributed by atoms with Crippen molar-refractivity contribution in [1.29, 1.82) is 0 Å². The first-order valence-corrected chi connectivity index (χ1v) is 4.91. The molecule has 6 heteroatoms. The van der Waals surface area contributed by atoms with Gasteiger partial charge in [0.15, 0.2) is 5.82 Å². The Hall–Kier alpha value is -1.43. The van der Waals surface area contributed by atoms with E-state index in [1.54, 1.807) is 6.92 Å². The number of hydrogen-bond donors (Lipinski definition) is 2. The predicted molar refractivity (Wildman–Crippen MR) is 55.1 cm³/mol. The van der Waals surface area contributed by atoms with Crippen molar-refractivity contribution in [3.05, 3.63) is 5.82 Å². The van der Waals surface area contributed by atoms with Gasteiger partial charge in [-0.2, -0.15) is 4.98 Å². The number of anilines is 1. The average Bonchev–Trinajstić information content (AvgIpc) is 2.61. The lowest BCUT2D eigenvalue weighted by Gasteiger charge is -2.15. The van der Waals surface area contributed by atoms with E-state index in [4.69, 9.17) is 10.3 Å². The molecule has 0 radical (unpaired) electrons. The molecule has 2 unspecified atom stereocenters. The maximum atomic E-state index is 11.6. The summed E-state index contributed by atoms with van der Waals surface area (Å²) in [4.78, 5) is 15.4. The van der Waals surface area contributed by atoms with Gasteiger partial charge in [0.05, 0.1) is 6.04 Å². The third-order valence-electron chi connectivity index (χ3n) is 2.32. The van der Waals surface area contributed by atoms with Crippen LogP contribution in [0.15, 0.2) is 4.52 Å². The Morgan fingerprint density at radius 3 is 2.80 bits per heavy atom. The highest BCUT2D eigenvalue weighted by Gasteiger charge is 2.20. The molecule has 2 atom stereocenters. The fourth-order valence-corrected chi connectivity index (χ4v) is 1.05. The summed E-state index contributed by atoms with van der Waals surface area (Å²) in [5.74, 6) is 0.296. The van der Waals surface area contributed by atoms with E-state index in [1.165, 1.54) is 0 Å². The largest absolute Gasteiger partial charge is 0.328 e. The lowest BCUT2D eigenvalue weighted by atomic mass is 10.00. The molecule has 15 heavy (non-hydrogen) atoms. The molecule has 0 spiro atoms. The number of carbonyl (C=O) groups is 1. The monoisotopic (exact) mass is 212 g/mol. The Kier molecular flexibility index (Phi) is 3.79.